The SMILES string of the molecule is COC(=O)CCCC1=C(CCOC(C)=O)CCC1. The van der Waals surface area contributed by atoms with Crippen molar-refractivity contribution in [1.82, 2.24) is 0 Å². The van der Waals surface area contributed by atoms with Crippen molar-refractivity contribution in [3.8, 4) is 0 Å². The summed E-state index contributed by atoms with van der Waals surface area (Å²) >= 11 is 0. The van der Waals surface area contributed by atoms with E-state index in [2.05, 4.69) is 4.74 Å². The lowest BCUT2D eigenvalue weighted by molar-refractivity contribution is -0.141. The van der Waals surface area contributed by atoms with Crippen molar-refractivity contribution in [1.29, 1.82) is 0 Å². The van der Waals surface area contributed by atoms with E-state index in [4.69, 9.17) is 4.74 Å². The van der Waals surface area contributed by atoms with Gasteiger partial charge in [0.2, 0.25) is 0 Å². The van der Waals surface area contributed by atoms with E-state index < -0.39 is 0 Å². The van der Waals surface area contributed by atoms with Crippen LogP contribution >= 0.6 is 0 Å². The third-order valence-electron chi connectivity index (χ3n) is 3.25. The zero-order valence-electron chi connectivity index (χ0n) is 11.3. The highest BCUT2D eigenvalue weighted by molar-refractivity contribution is 5.69. The van der Waals surface area contributed by atoms with Gasteiger partial charge in [-0.05, 0) is 32.1 Å². The van der Waals surface area contributed by atoms with Crippen LogP contribution in [0.1, 0.15) is 51.9 Å². The standard InChI is InChI=1S/C14H22O4/c1-11(15)18-10-9-13-6-3-5-12(13)7-4-8-14(16)17-2/h3-10H2,1-2H3. The Bertz CT molecular complexity index is 331. The van der Waals surface area contributed by atoms with Crippen LogP contribution in [-0.2, 0) is 19.1 Å². The van der Waals surface area contributed by atoms with Crippen LogP contribution in [0.5, 0.6) is 0 Å². The van der Waals surface area contributed by atoms with Crippen LogP contribution in [0, 0.1) is 0 Å². The first-order chi connectivity index (χ1) is 8.63. The summed E-state index contributed by atoms with van der Waals surface area (Å²) in [5, 5.41) is 0. The maximum Gasteiger partial charge on any atom is 0.305 e. The molecule has 0 aromatic carbocycles. The molecular formula is C14H22O4. The molecule has 0 heterocycles. The van der Waals surface area contributed by atoms with Crippen LogP contribution in [0.3, 0.4) is 0 Å². The lowest BCUT2D eigenvalue weighted by Gasteiger charge is -2.07. The molecule has 0 amide bonds. The van der Waals surface area contributed by atoms with E-state index in [1.165, 1.54) is 31.6 Å². The maximum absolute atomic E-state index is 11.0. The molecule has 4 heteroatoms. The molecule has 1 rings (SSSR count). The van der Waals surface area contributed by atoms with Gasteiger partial charge in [0.15, 0.2) is 0 Å². The van der Waals surface area contributed by atoms with Gasteiger partial charge < -0.3 is 9.47 Å². The van der Waals surface area contributed by atoms with Gasteiger partial charge in [0.1, 0.15) is 0 Å². The largest absolute Gasteiger partial charge is 0.469 e. The number of carbonyl (C=O) groups is 2. The Morgan fingerprint density at radius 2 is 1.83 bits per heavy atom. The van der Waals surface area contributed by atoms with E-state index in [1.54, 1.807) is 0 Å². The first kappa shape index (κ1) is 14.7. The lowest BCUT2D eigenvalue weighted by atomic mass is 10.0. The molecule has 1 aliphatic rings. The lowest BCUT2D eigenvalue weighted by Crippen LogP contribution is -2.02. The topological polar surface area (TPSA) is 52.6 Å². The molecule has 0 aromatic rings. The van der Waals surface area contributed by atoms with Crippen molar-refractivity contribution in [2.75, 3.05) is 13.7 Å². The van der Waals surface area contributed by atoms with E-state index in [1.807, 2.05) is 0 Å². The fourth-order valence-corrected chi connectivity index (χ4v) is 2.34. The second-order valence-electron chi connectivity index (χ2n) is 4.58. The van der Waals surface area contributed by atoms with Gasteiger partial charge in [-0.15, -0.1) is 0 Å². The second kappa shape index (κ2) is 7.90. The Balaban J connectivity index is 2.31. The quantitative estimate of drug-likeness (QED) is 0.518. The van der Waals surface area contributed by atoms with Gasteiger partial charge in [-0.25, -0.2) is 0 Å². The Morgan fingerprint density at radius 1 is 1.17 bits per heavy atom. The smallest absolute Gasteiger partial charge is 0.305 e. The zero-order valence-corrected chi connectivity index (χ0v) is 11.3. The van der Waals surface area contributed by atoms with Crippen molar-refractivity contribution in [3.63, 3.8) is 0 Å². The minimum atomic E-state index is -0.221. The molecule has 0 spiro atoms. The van der Waals surface area contributed by atoms with Crippen LogP contribution in [0.4, 0.5) is 0 Å². The Morgan fingerprint density at radius 3 is 2.44 bits per heavy atom. The highest BCUT2D eigenvalue weighted by atomic mass is 16.5. The van der Waals surface area contributed by atoms with Crippen molar-refractivity contribution < 1.29 is 19.1 Å². The summed E-state index contributed by atoms with van der Waals surface area (Å²) in [5.41, 5.74) is 2.87. The summed E-state index contributed by atoms with van der Waals surface area (Å²) in [5.74, 6) is -0.365. The van der Waals surface area contributed by atoms with E-state index in [0.29, 0.717) is 13.0 Å². The number of hydrogen-bond donors (Lipinski definition) is 0. The third-order valence-corrected chi connectivity index (χ3v) is 3.25. The molecule has 0 fully saturated rings. The van der Waals surface area contributed by atoms with Gasteiger partial charge in [-0.3, -0.25) is 9.59 Å². The molecular weight excluding hydrogens is 232 g/mol. The van der Waals surface area contributed by atoms with Gasteiger partial charge in [-0.2, -0.15) is 0 Å². The summed E-state index contributed by atoms with van der Waals surface area (Å²) in [6.45, 7) is 1.91. The monoisotopic (exact) mass is 254 g/mol. The molecule has 0 N–H and O–H groups in total. The molecule has 0 unspecified atom stereocenters. The van der Waals surface area contributed by atoms with Gasteiger partial charge in [0.25, 0.3) is 0 Å². The van der Waals surface area contributed by atoms with Crippen molar-refractivity contribution in [3.05, 3.63) is 11.1 Å². The number of methoxy groups -OCH3 is 1. The summed E-state index contributed by atoms with van der Waals surface area (Å²) in [7, 11) is 1.42. The minimum Gasteiger partial charge on any atom is -0.469 e. The molecule has 0 aromatic heterocycles. The first-order valence-corrected chi connectivity index (χ1v) is 6.53. The number of hydrogen-bond acceptors (Lipinski definition) is 4. The number of esters is 2. The van der Waals surface area contributed by atoms with Crippen molar-refractivity contribution in [2.45, 2.75) is 51.9 Å². The molecule has 0 radical (unpaired) electrons. The van der Waals surface area contributed by atoms with Gasteiger partial charge in [0, 0.05) is 19.8 Å². The fourth-order valence-electron chi connectivity index (χ4n) is 2.34. The summed E-state index contributed by atoms with van der Waals surface area (Å²) in [4.78, 5) is 21.7. The van der Waals surface area contributed by atoms with Crippen LogP contribution in [0.2, 0.25) is 0 Å². The average molecular weight is 254 g/mol. The molecule has 0 saturated carbocycles. The Kier molecular flexibility index (Phi) is 6.47. The molecule has 18 heavy (non-hydrogen) atoms. The summed E-state index contributed by atoms with van der Waals surface area (Å²) < 4.78 is 9.59. The number of carbonyl (C=O) groups excluding carboxylic acids is 2. The Labute approximate surface area is 108 Å². The van der Waals surface area contributed by atoms with E-state index >= 15 is 0 Å². The normalized spacial score (nSPS) is 14.8. The van der Waals surface area contributed by atoms with Gasteiger partial charge >= 0.3 is 11.9 Å². The molecule has 1 aliphatic carbocycles. The van der Waals surface area contributed by atoms with E-state index in [-0.39, 0.29) is 11.9 Å². The molecule has 0 atom stereocenters. The highest BCUT2D eigenvalue weighted by Gasteiger charge is 2.14. The highest BCUT2D eigenvalue weighted by Crippen LogP contribution is 2.31. The first-order valence-electron chi connectivity index (χ1n) is 6.53. The zero-order chi connectivity index (χ0) is 13.4. The van der Waals surface area contributed by atoms with Gasteiger partial charge in [0.05, 0.1) is 13.7 Å². The van der Waals surface area contributed by atoms with Crippen LogP contribution in [0.25, 0.3) is 0 Å². The minimum absolute atomic E-state index is 0.143. The number of ether oxygens (including phenoxy) is 2. The van der Waals surface area contributed by atoms with Crippen LogP contribution in [0.15, 0.2) is 11.1 Å². The molecule has 4 nitrogen and oxygen atoms in total. The molecule has 102 valence electrons. The van der Waals surface area contributed by atoms with Crippen LogP contribution in [-0.4, -0.2) is 25.7 Å². The fraction of sp³-hybridized carbons (Fsp3) is 0.714. The van der Waals surface area contributed by atoms with E-state index in [0.717, 1.165) is 32.1 Å². The summed E-state index contributed by atoms with van der Waals surface area (Å²) in [6, 6.07) is 0. The molecule has 0 aliphatic heterocycles. The third kappa shape index (κ3) is 5.34. The molecule has 0 saturated heterocycles. The predicted octanol–water partition coefficient (Wildman–Crippen LogP) is 2.76. The van der Waals surface area contributed by atoms with Crippen molar-refractivity contribution >= 4 is 11.9 Å². The average Bonchev–Trinajstić information content (AvgIpc) is 2.76. The van der Waals surface area contributed by atoms with Gasteiger partial charge in [-0.1, -0.05) is 11.1 Å². The van der Waals surface area contributed by atoms with Crippen molar-refractivity contribution in [2.24, 2.45) is 0 Å². The number of allylic oxidation sites excluding steroid dienone is 1. The van der Waals surface area contributed by atoms with E-state index in [9.17, 15) is 9.59 Å². The summed E-state index contributed by atoms with van der Waals surface area (Å²) in [6.07, 6.45) is 6.54. The maximum atomic E-state index is 11.0. The number of rotatable bonds is 7. The Hall–Kier alpha value is -1.32. The predicted molar refractivity (Wildman–Crippen MR) is 68.0 cm³/mol. The van der Waals surface area contributed by atoms with Crippen LogP contribution < -0.4 is 0 Å². The second-order valence-corrected chi connectivity index (χ2v) is 4.58. The molecule has 0 bridgehead atoms.